The van der Waals surface area contributed by atoms with E-state index >= 15 is 0 Å². The first-order valence-corrected chi connectivity index (χ1v) is 13.2. The Balaban J connectivity index is 3.75. The summed E-state index contributed by atoms with van der Waals surface area (Å²) in [6, 6.07) is 0. The molecule has 0 aliphatic rings. The van der Waals surface area contributed by atoms with Crippen LogP contribution >= 0.6 is 15.9 Å². The van der Waals surface area contributed by atoms with Gasteiger partial charge in [0.15, 0.2) is 0 Å². The zero-order valence-corrected chi connectivity index (χ0v) is 20.2. The van der Waals surface area contributed by atoms with E-state index in [-0.39, 0.29) is 0 Å². The van der Waals surface area contributed by atoms with E-state index in [2.05, 4.69) is 29.8 Å². The lowest BCUT2D eigenvalue weighted by Crippen LogP contribution is -2.21. The van der Waals surface area contributed by atoms with E-state index < -0.39 is 0 Å². The minimum absolute atomic E-state index is 0.310. The summed E-state index contributed by atoms with van der Waals surface area (Å²) in [5.41, 5.74) is 0. The van der Waals surface area contributed by atoms with E-state index in [9.17, 15) is 0 Å². The monoisotopic (exact) mass is 448 g/mol. The maximum atomic E-state index is 6.18. The molecule has 0 aliphatic heterocycles. The van der Waals surface area contributed by atoms with Crippen molar-refractivity contribution in [3.8, 4) is 0 Å². The van der Waals surface area contributed by atoms with Gasteiger partial charge in [-0.3, -0.25) is 0 Å². The minimum Gasteiger partial charge on any atom is -0.379 e. The van der Waals surface area contributed by atoms with Gasteiger partial charge < -0.3 is 9.47 Å². The molecule has 0 N–H and O–H groups in total. The number of rotatable bonds is 23. The van der Waals surface area contributed by atoms with Crippen LogP contribution in [0.3, 0.4) is 0 Å². The van der Waals surface area contributed by atoms with E-state index in [0.717, 1.165) is 31.6 Å². The summed E-state index contributed by atoms with van der Waals surface area (Å²) < 4.78 is 12.1. The zero-order chi connectivity index (χ0) is 19.8. The molecular formula is C24H49BrO2. The Bertz CT molecular complexity index is 261. The molecule has 0 aromatic heterocycles. The molecule has 3 heteroatoms. The van der Waals surface area contributed by atoms with Crippen molar-refractivity contribution in [2.75, 3.05) is 25.2 Å². The van der Waals surface area contributed by atoms with Crippen molar-refractivity contribution in [3.05, 3.63) is 0 Å². The van der Waals surface area contributed by atoms with Crippen LogP contribution in [0.5, 0.6) is 0 Å². The lowest BCUT2D eigenvalue weighted by atomic mass is 10.1. The maximum absolute atomic E-state index is 6.18. The summed E-state index contributed by atoms with van der Waals surface area (Å²) in [6.45, 7) is 7.17. The molecule has 0 heterocycles. The number of ether oxygens (including phenoxy) is 2. The normalized spacial score (nSPS) is 12.6. The molecule has 0 fully saturated rings. The largest absolute Gasteiger partial charge is 0.379 e. The van der Waals surface area contributed by atoms with Gasteiger partial charge in [-0.25, -0.2) is 0 Å². The third-order valence-corrected chi connectivity index (χ3v) is 5.77. The van der Waals surface area contributed by atoms with Crippen molar-refractivity contribution in [3.63, 3.8) is 0 Å². The van der Waals surface area contributed by atoms with Gasteiger partial charge in [-0.05, 0) is 25.7 Å². The molecule has 0 saturated heterocycles. The van der Waals surface area contributed by atoms with Gasteiger partial charge in [0.25, 0.3) is 0 Å². The Labute approximate surface area is 179 Å². The number of hydrogen-bond donors (Lipinski definition) is 0. The van der Waals surface area contributed by atoms with Crippen molar-refractivity contribution in [2.45, 2.75) is 129 Å². The van der Waals surface area contributed by atoms with Gasteiger partial charge >= 0.3 is 0 Å². The number of halogens is 1. The molecule has 0 saturated carbocycles. The van der Waals surface area contributed by atoms with Gasteiger partial charge in [0, 0.05) is 18.5 Å². The van der Waals surface area contributed by atoms with Crippen molar-refractivity contribution in [1.29, 1.82) is 0 Å². The fourth-order valence-corrected chi connectivity index (χ4v) is 3.76. The molecular weight excluding hydrogens is 400 g/mol. The Kier molecular flexibility index (Phi) is 24.8. The van der Waals surface area contributed by atoms with Gasteiger partial charge in [-0.15, -0.1) is 0 Å². The van der Waals surface area contributed by atoms with E-state index in [1.807, 2.05) is 0 Å². The van der Waals surface area contributed by atoms with Crippen molar-refractivity contribution in [1.82, 2.24) is 0 Å². The third-order valence-electron chi connectivity index (χ3n) is 5.21. The molecule has 0 amide bonds. The second-order valence-corrected chi connectivity index (χ2v) is 8.79. The predicted molar refractivity (Wildman–Crippen MR) is 124 cm³/mol. The van der Waals surface area contributed by atoms with E-state index in [0.29, 0.717) is 6.10 Å². The molecule has 0 bridgehead atoms. The molecule has 27 heavy (non-hydrogen) atoms. The van der Waals surface area contributed by atoms with Crippen LogP contribution in [0.15, 0.2) is 0 Å². The molecule has 2 nitrogen and oxygen atoms in total. The van der Waals surface area contributed by atoms with Crippen molar-refractivity contribution < 1.29 is 9.47 Å². The van der Waals surface area contributed by atoms with Crippen LogP contribution in [-0.4, -0.2) is 31.3 Å². The fraction of sp³-hybridized carbons (Fsp3) is 1.00. The van der Waals surface area contributed by atoms with Crippen LogP contribution in [0.25, 0.3) is 0 Å². The summed E-state index contributed by atoms with van der Waals surface area (Å²) in [4.78, 5) is 0. The minimum atomic E-state index is 0.310. The maximum Gasteiger partial charge on any atom is 0.0808 e. The number of unbranched alkanes of at least 4 members (excludes halogenated alkanes) is 13. The summed E-state index contributed by atoms with van der Waals surface area (Å²) in [5, 5.41) is 1.13. The molecule has 0 rings (SSSR count). The first-order valence-electron chi connectivity index (χ1n) is 12.1. The second kappa shape index (κ2) is 24.4. The van der Waals surface area contributed by atoms with E-state index in [1.54, 1.807) is 0 Å². The van der Waals surface area contributed by atoms with Crippen molar-refractivity contribution >= 4 is 15.9 Å². The van der Waals surface area contributed by atoms with Crippen LogP contribution in [0.4, 0.5) is 0 Å². The van der Waals surface area contributed by atoms with Gasteiger partial charge in [0.05, 0.1) is 12.7 Å². The molecule has 1 unspecified atom stereocenters. The number of alkyl halides is 1. The van der Waals surface area contributed by atoms with Crippen molar-refractivity contribution in [2.24, 2.45) is 0 Å². The van der Waals surface area contributed by atoms with Gasteiger partial charge in [0.2, 0.25) is 0 Å². The smallest absolute Gasteiger partial charge is 0.0808 e. The Hall–Kier alpha value is 0.400. The van der Waals surface area contributed by atoms with Crippen LogP contribution in [0, 0.1) is 0 Å². The summed E-state index contributed by atoms with van der Waals surface area (Å²) in [5.74, 6) is 0. The van der Waals surface area contributed by atoms with Crippen LogP contribution in [-0.2, 0) is 9.47 Å². The highest BCUT2D eigenvalue weighted by Gasteiger charge is 2.09. The van der Waals surface area contributed by atoms with E-state index in [4.69, 9.17) is 9.47 Å². The molecule has 0 aromatic carbocycles. The first-order chi connectivity index (χ1) is 13.3. The summed E-state index contributed by atoms with van der Waals surface area (Å²) in [7, 11) is 0. The average molecular weight is 450 g/mol. The lowest BCUT2D eigenvalue weighted by Gasteiger charge is -2.18. The van der Waals surface area contributed by atoms with Crippen LogP contribution in [0.1, 0.15) is 123 Å². The SMILES string of the molecule is CCCCCCCCOCC(CCCCCCBr)OCCCCCCCC. The number of hydrogen-bond acceptors (Lipinski definition) is 2. The first kappa shape index (κ1) is 27.4. The lowest BCUT2D eigenvalue weighted by molar-refractivity contribution is -0.0234. The quantitative estimate of drug-likeness (QED) is 0.115. The Morgan fingerprint density at radius 1 is 0.593 bits per heavy atom. The van der Waals surface area contributed by atoms with Gasteiger partial charge in [-0.1, -0.05) is 113 Å². The summed E-state index contributed by atoms with van der Waals surface area (Å²) >= 11 is 3.52. The second-order valence-electron chi connectivity index (χ2n) is 8.00. The highest BCUT2D eigenvalue weighted by molar-refractivity contribution is 9.09. The molecule has 0 aromatic rings. The third kappa shape index (κ3) is 22.6. The molecule has 1 atom stereocenters. The van der Waals surface area contributed by atoms with Crippen LogP contribution in [0.2, 0.25) is 0 Å². The molecule has 0 radical (unpaired) electrons. The average Bonchev–Trinajstić information content (AvgIpc) is 2.68. The molecule has 0 spiro atoms. The highest BCUT2D eigenvalue weighted by Crippen LogP contribution is 2.12. The van der Waals surface area contributed by atoms with Gasteiger partial charge in [-0.2, -0.15) is 0 Å². The Morgan fingerprint density at radius 2 is 1.11 bits per heavy atom. The zero-order valence-electron chi connectivity index (χ0n) is 18.6. The van der Waals surface area contributed by atoms with E-state index in [1.165, 1.54) is 103 Å². The fourth-order valence-electron chi connectivity index (χ4n) is 3.37. The molecule has 164 valence electrons. The predicted octanol–water partition coefficient (Wildman–Crippen LogP) is 8.45. The standard InChI is InChI=1S/C24H49BrO2/c1-3-5-7-9-13-17-21-26-23-24(19-15-11-12-16-20-25)27-22-18-14-10-8-6-4-2/h24H,3-23H2,1-2H3. The Morgan fingerprint density at radius 3 is 1.74 bits per heavy atom. The molecule has 0 aliphatic carbocycles. The summed E-state index contributed by atoms with van der Waals surface area (Å²) in [6.07, 6.45) is 22.6. The van der Waals surface area contributed by atoms with Crippen LogP contribution < -0.4 is 0 Å². The topological polar surface area (TPSA) is 18.5 Å². The highest BCUT2D eigenvalue weighted by atomic mass is 79.9. The van der Waals surface area contributed by atoms with Gasteiger partial charge in [0.1, 0.15) is 0 Å².